The maximum Gasteiger partial charge on any atom is 0.180 e. The van der Waals surface area contributed by atoms with Gasteiger partial charge in [-0.1, -0.05) is 158 Å². The van der Waals surface area contributed by atoms with E-state index in [1.165, 1.54) is 5.39 Å². The number of rotatable bonds is 7. The van der Waals surface area contributed by atoms with Crippen LogP contribution in [0.2, 0.25) is 0 Å². The number of nitrogens with zero attached hydrogens (tertiary/aromatic N) is 6. The number of fused-ring (bicyclic) bond motifs is 6. The predicted octanol–water partition coefficient (Wildman–Crippen LogP) is 13.7. The molecule has 0 amide bonds. The Morgan fingerprint density at radius 1 is 0.339 bits per heavy atom. The van der Waals surface area contributed by atoms with E-state index in [4.69, 9.17) is 29.3 Å². The lowest BCUT2D eigenvalue weighted by Crippen LogP contribution is -2.02. The third-order valence-electron chi connectivity index (χ3n) is 11.5. The summed E-state index contributed by atoms with van der Waals surface area (Å²) in [5.74, 6) is 2.28. The molecule has 7 heteroatoms. The van der Waals surface area contributed by atoms with Crippen LogP contribution >= 0.6 is 0 Å². The molecule has 0 unspecified atom stereocenters. The van der Waals surface area contributed by atoms with Crippen molar-refractivity contribution in [3.8, 4) is 73.6 Å². The lowest BCUT2D eigenvalue weighted by molar-refractivity contribution is 0.667. The van der Waals surface area contributed by atoms with Gasteiger partial charge >= 0.3 is 0 Å². The molecule has 62 heavy (non-hydrogen) atoms. The van der Waals surface area contributed by atoms with Gasteiger partial charge in [0.05, 0.1) is 11.0 Å². The second kappa shape index (κ2) is 14.6. The topological polar surface area (TPSA) is 82.5 Å². The molecule has 0 fully saturated rings. The molecule has 0 spiro atoms. The van der Waals surface area contributed by atoms with Gasteiger partial charge in [0.2, 0.25) is 0 Å². The summed E-state index contributed by atoms with van der Waals surface area (Å²) in [6.45, 7) is 0. The van der Waals surface area contributed by atoms with E-state index in [0.29, 0.717) is 28.9 Å². The van der Waals surface area contributed by atoms with Crippen LogP contribution in [0.4, 0.5) is 0 Å². The number of para-hydroxylation sites is 3. The first-order valence-electron chi connectivity index (χ1n) is 20.6. The number of furan rings is 1. The first-order chi connectivity index (χ1) is 30.7. The van der Waals surface area contributed by atoms with E-state index in [1.54, 1.807) is 0 Å². The van der Waals surface area contributed by atoms with Crippen LogP contribution in [0.1, 0.15) is 0 Å². The molecule has 7 nitrogen and oxygen atoms in total. The molecule has 0 saturated carbocycles. The smallest absolute Gasteiger partial charge is 0.180 e. The van der Waals surface area contributed by atoms with E-state index in [1.807, 2.05) is 103 Å². The van der Waals surface area contributed by atoms with Crippen molar-refractivity contribution in [2.45, 2.75) is 0 Å². The van der Waals surface area contributed by atoms with E-state index in [9.17, 15) is 0 Å². The minimum absolute atomic E-state index is 0.541. The average molecular weight is 795 g/mol. The van der Waals surface area contributed by atoms with Crippen molar-refractivity contribution in [1.82, 2.24) is 29.5 Å². The van der Waals surface area contributed by atoms with Crippen LogP contribution in [-0.4, -0.2) is 29.5 Å². The van der Waals surface area contributed by atoms with Gasteiger partial charge in [-0.05, 0) is 59.7 Å². The van der Waals surface area contributed by atoms with Crippen LogP contribution in [0.25, 0.3) is 117 Å². The molecule has 0 aliphatic heterocycles. The number of hydrogen-bond acceptors (Lipinski definition) is 6. The summed E-state index contributed by atoms with van der Waals surface area (Å²) in [4.78, 5) is 26.0. The molecule has 0 N–H and O–H groups in total. The fourth-order valence-corrected chi connectivity index (χ4v) is 8.56. The highest BCUT2D eigenvalue weighted by Crippen LogP contribution is 2.41. The van der Waals surface area contributed by atoms with Crippen molar-refractivity contribution in [1.29, 1.82) is 0 Å². The lowest BCUT2D eigenvalue weighted by Gasteiger charge is -2.14. The minimum atomic E-state index is 0.541. The summed E-state index contributed by atoms with van der Waals surface area (Å²) >= 11 is 0. The Hall–Kier alpha value is -8.55. The standard InChI is InChI=1S/C55H34N6O/c1-5-17-35(18-6-1)49-51-50(43-26-14-16-28-48(43)62-51)57-54(56-49)39-29-31-41(38-30-32-47-44(33-38)42-25-13-15-27-46(42)61(47)40-23-11-4-12-24-40)45(34-39)55-59-52(36-19-7-2-8-20-36)58-53(60-55)37-21-9-3-10-22-37/h1-34H. The Balaban J connectivity index is 1.13. The summed E-state index contributed by atoms with van der Waals surface area (Å²) < 4.78 is 8.78. The van der Waals surface area contributed by atoms with E-state index in [0.717, 1.165) is 83.2 Å². The number of benzene rings is 8. The highest BCUT2D eigenvalue weighted by Gasteiger charge is 2.22. The third-order valence-corrected chi connectivity index (χ3v) is 11.5. The summed E-state index contributed by atoms with van der Waals surface area (Å²) in [6, 6.07) is 70.5. The van der Waals surface area contributed by atoms with Gasteiger partial charge in [-0.3, -0.25) is 0 Å². The fourth-order valence-electron chi connectivity index (χ4n) is 8.56. The molecule has 0 saturated heterocycles. The molecular formula is C55H34N6O. The van der Waals surface area contributed by atoms with Crippen molar-refractivity contribution in [2.75, 3.05) is 0 Å². The monoisotopic (exact) mass is 794 g/mol. The SMILES string of the molecule is c1ccc(-c2nc(-c3ccccc3)nc(-c3cc(-c4nc(-c5ccccc5)c5oc6ccccc6c5n4)ccc3-c3ccc4c(c3)c3ccccc3n4-c3ccccc3)n2)cc1. The quantitative estimate of drug-likeness (QED) is 0.160. The van der Waals surface area contributed by atoms with Gasteiger partial charge in [0.15, 0.2) is 28.9 Å². The van der Waals surface area contributed by atoms with Crippen LogP contribution in [0.5, 0.6) is 0 Å². The second-order valence-corrected chi connectivity index (χ2v) is 15.3. The van der Waals surface area contributed by atoms with Gasteiger partial charge < -0.3 is 8.98 Å². The predicted molar refractivity (Wildman–Crippen MR) is 250 cm³/mol. The van der Waals surface area contributed by atoms with Crippen molar-refractivity contribution < 1.29 is 4.42 Å². The van der Waals surface area contributed by atoms with Crippen molar-refractivity contribution >= 4 is 43.9 Å². The van der Waals surface area contributed by atoms with Crippen LogP contribution in [-0.2, 0) is 0 Å². The van der Waals surface area contributed by atoms with Crippen LogP contribution < -0.4 is 0 Å². The molecule has 8 aromatic carbocycles. The molecule has 290 valence electrons. The molecular weight excluding hydrogens is 761 g/mol. The Labute approximate surface area is 356 Å². The maximum atomic E-state index is 6.45. The number of aromatic nitrogens is 6. The summed E-state index contributed by atoms with van der Waals surface area (Å²) in [7, 11) is 0. The van der Waals surface area contributed by atoms with Crippen molar-refractivity contribution in [3.63, 3.8) is 0 Å². The van der Waals surface area contributed by atoms with Gasteiger partial charge in [-0.25, -0.2) is 24.9 Å². The van der Waals surface area contributed by atoms with Crippen LogP contribution in [0, 0.1) is 0 Å². The molecule has 0 aliphatic carbocycles. The molecule has 12 rings (SSSR count). The van der Waals surface area contributed by atoms with Crippen molar-refractivity contribution in [2.24, 2.45) is 0 Å². The first kappa shape index (κ1) is 35.4. The summed E-state index contributed by atoms with van der Waals surface area (Å²) in [6.07, 6.45) is 0. The molecule has 4 aromatic heterocycles. The first-order valence-corrected chi connectivity index (χ1v) is 20.6. The fraction of sp³-hybridized carbons (Fsp3) is 0. The molecule has 0 bridgehead atoms. The maximum absolute atomic E-state index is 6.45. The summed E-state index contributed by atoms with van der Waals surface area (Å²) in [5.41, 5.74) is 12.7. The van der Waals surface area contributed by atoms with Crippen LogP contribution in [0.15, 0.2) is 211 Å². The van der Waals surface area contributed by atoms with Crippen LogP contribution in [0.3, 0.4) is 0 Å². The van der Waals surface area contributed by atoms with Gasteiger partial charge in [-0.2, -0.15) is 0 Å². The van der Waals surface area contributed by atoms with Crippen molar-refractivity contribution in [3.05, 3.63) is 206 Å². The highest BCUT2D eigenvalue weighted by atomic mass is 16.3. The zero-order valence-electron chi connectivity index (χ0n) is 33.2. The third kappa shape index (κ3) is 6.02. The van der Waals surface area contributed by atoms with E-state index in [2.05, 4.69) is 108 Å². The molecule has 0 aliphatic rings. The molecule has 0 atom stereocenters. The lowest BCUT2D eigenvalue weighted by atomic mass is 9.95. The molecule has 12 aromatic rings. The van der Waals surface area contributed by atoms with Gasteiger partial charge in [0.25, 0.3) is 0 Å². The largest absolute Gasteiger partial charge is 0.452 e. The van der Waals surface area contributed by atoms with E-state index >= 15 is 0 Å². The second-order valence-electron chi connectivity index (χ2n) is 15.3. The average Bonchev–Trinajstić information content (AvgIpc) is 3.90. The Morgan fingerprint density at radius 3 is 1.60 bits per heavy atom. The zero-order chi connectivity index (χ0) is 41.0. The van der Waals surface area contributed by atoms with E-state index in [-0.39, 0.29) is 0 Å². The van der Waals surface area contributed by atoms with E-state index < -0.39 is 0 Å². The normalized spacial score (nSPS) is 11.5. The Bertz CT molecular complexity index is 3560. The highest BCUT2D eigenvalue weighted by molar-refractivity contribution is 6.11. The summed E-state index contributed by atoms with van der Waals surface area (Å²) in [5, 5.41) is 3.25. The Morgan fingerprint density at radius 2 is 0.887 bits per heavy atom. The zero-order valence-corrected chi connectivity index (χ0v) is 33.2. The van der Waals surface area contributed by atoms with Gasteiger partial charge in [0, 0.05) is 49.7 Å². The van der Waals surface area contributed by atoms with Gasteiger partial charge in [0.1, 0.15) is 16.8 Å². The van der Waals surface area contributed by atoms with Gasteiger partial charge in [-0.15, -0.1) is 0 Å². The number of hydrogen-bond donors (Lipinski definition) is 0. The minimum Gasteiger partial charge on any atom is -0.452 e. The Kier molecular flexibility index (Phi) is 8.35. The molecule has 4 heterocycles. The molecule has 0 radical (unpaired) electrons.